The molecular formula is C46H58N6O12. The molecule has 1 heterocycles. The number of carbonyl (C=O) groups excluding carboxylic acids is 7. The summed E-state index contributed by atoms with van der Waals surface area (Å²) < 4.78 is 26.5. The Morgan fingerprint density at radius 2 is 1.11 bits per heavy atom. The van der Waals surface area contributed by atoms with Gasteiger partial charge < -0.3 is 56.5 Å². The molecule has 4 rings (SSSR count). The Labute approximate surface area is 371 Å². The number of aromatic amines is 1. The van der Waals surface area contributed by atoms with E-state index in [1.165, 1.54) is 0 Å². The van der Waals surface area contributed by atoms with Crippen LogP contribution in [0.5, 0.6) is 0 Å². The molecular weight excluding hydrogens is 829 g/mol. The van der Waals surface area contributed by atoms with Crippen molar-refractivity contribution >= 4 is 52.6 Å². The fraction of sp³-hybridized carbons (Fsp3) is 0.413. The van der Waals surface area contributed by atoms with E-state index in [1.54, 1.807) is 66.9 Å². The lowest BCUT2D eigenvalue weighted by molar-refractivity contribution is -0.172. The molecule has 2 amide bonds. The molecule has 4 aromatic rings. The number of carbonyl (C=O) groups is 7. The van der Waals surface area contributed by atoms with Gasteiger partial charge in [-0.3, -0.25) is 28.8 Å². The van der Waals surface area contributed by atoms with Gasteiger partial charge in [0.05, 0.1) is 6.04 Å². The van der Waals surface area contributed by atoms with Gasteiger partial charge in [-0.15, -0.1) is 0 Å². The summed E-state index contributed by atoms with van der Waals surface area (Å²) in [4.78, 5) is 94.7. The Morgan fingerprint density at radius 3 is 1.73 bits per heavy atom. The van der Waals surface area contributed by atoms with Crippen LogP contribution in [-0.4, -0.2) is 97.2 Å². The van der Waals surface area contributed by atoms with E-state index in [2.05, 4.69) is 15.6 Å². The molecule has 0 saturated carbocycles. The Morgan fingerprint density at radius 1 is 0.578 bits per heavy atom. The number of benzene rings is 3. The average molecular weight is 887 g/mol. The molecule has 3 aromatic carbocycles. The van der Waals surface area contributed by atoms with Gasteiger partial charge in [0.2, 0.25) is 11.8 Å². The Hall–Kier alpha value is -6.63. The molecule has 18 heteroatoms. The molecule has 9 N–H and O–H groups in total. The first-order valence-corrected chi connectivity index (χ1v) is 21.2. The lowest BCUT2D eigenvalue weighted by Gasteiger charge is -2.25. The quantitative estimate of drug-likeness (QED) is 0.0207. The molecule has 18 nitrogen and oxygen atoms in total. The van der Waals surface area contributed by atoms with Gasteiger partial charge in [-0.2, -0.15) is 0 Å². The first-order chi connectivity index (χ1) is 30.9. The summed E-state index contributed by atoms with van der Waals surface area (Å²) in [6, 6.07) is 21.6. The van der Waals surface area contributed by atoms with Crippen LogP contribution in [0.4, 0.5) is 0 Å². The molecule has 0 radical (unpaired) electrons. The molecule has 4 atom stereocenters. The number of rotatable bonds is 28. The number of nitrogens with one attached hydrogen (secondary N) is 3. The highest BCUT2D eigenvalue weighted by molar-refractivity contribution is 5.94. The van der Waals surface area contributed by atoms with Gasteiger partial charge >= 0.3 is 29.8 Å². The summed E-state index contributed by atoms with van der Waals surface area (Å²) in [6.45, 7) is -0.814. The van der Waals surface area contributed by atoms with Crippen molar-refractivity contribution in [3.05, 3.63) is 108 Å². The second-order valence-corrected chi connectivity index (χ2v) is 14.9. The summed E-state index contributed by atoms with van der Waals surface area (Å²) in [6.07, 6.45) is 1.29. The maximum Gasteiger partial charge on any atom is 0.328 e. The van der Waals surface area contributed by atoms with Gasteiger partial charge in [0, 0.05) is 23.5 Å². The zero-order valence-corrected chi connectivity index (χ0v) is 35.7. The number of hydrogen-bond acceptors (Lipinski definition) is 15. The van der Waals surface area contributed by atoms with Gasteiger partial charge in [-0.25, -0.2) is 4.79 Å². The molecule has 0 saturated heterocycles. The number of nitrogens with two attached hydrogens (primary N) is 3. The average Bonchev–Trinajstić information content (AvgIpc) is 3.70. The fourth-order valence-electron chi connectivity index (χ4n) is 6.33. The van der Waals surface area contributed by atoms with Crippen LogP contribution in [0.3, 0.4) is 0 Å². The third-order valence-electron chi connectivity index (χ3n) is 9.79. The molecule has 0 aliphatic carbocycles. The second kappa shape index (κ2) is 27.4. The summed E-state index contributed by atoms with van der Waals surface area (Å²) >= 11 is 0. The molecule has 0 bridgehead atoms. The number of ether oxygens (including phenoxy) is 5. The number of unbranched alkanes of at least 4 members (excludes halogenated alkanes) is 2. The molecule has 1 aromatic heterocycles. The van der Waals surface area contributed by atoms with Crippen LogP contribution < -0.4 is 27.8 Å². The largest absolute Gasteiger partial charge is 0.461 e. The zero-order valence-electron chi connectivity index (χ0n) is 35.7. The lowest BCUT2D eigenvalue weighted by Crippen LogP contribution is -2.55. The van der Waals surface area contributed by atoms with E-state index in [0.29, 0.717) is 56.3 Å². The monoisotopic (exact) mass is 886 g/mol. The van der Waals surface area contributed by atoms with Crippen molar-refractivity contribution in [2.45, 2.75) is 95.2 Å². The van der Waals surface area contributed by atoms with Gasteiger partial charge in [-0.05, 0) is 68.0 Å². The highest BCUT2D eigenvalue weighted by Crippen LogP contribution is 2.20. The van der Waals surface area contributed by atoms with E-state index in [-0.39, 0.29) is 26.1 Å². The van der Waals surface area contributed by atoms with Crippen LogP contribution >= 0.6 is 0 Å². The normalized spacial score (nSPS) is 12.8. The third kappa shape index (κ3) is 18.0. The van der Waals surface area contributed by atoms with Crippen LogP contribution in [-0.2, 0) is 76.9 Å². The van der Waals surface area contributed by atoms with Gasteiger partial charge in [0.1, 0.15) is 51.4 Å². The Balaban J connectivity index is 1.44. The Bertz CT molecular complexity index is 2120. The zero-order chi connectivity index (χ0) is 46.1. The van der Waals surface area contributed by atoms with E-state index in [4.69, 9.17) is 40.9 Å². The van der Waals surface area contributed by atoms with Crippen LogP contribution in [0.1, 0.15) is 68.1 Å². The molecule has 64 heavy (non-hydrogen) atoms. The van der Waals surface area contributed by atoms with Crippen LogP contribution in [0, 0.1) is 0 Å². The Kier molecular flexibility index (Phi) is 21.4. The number of amides is 2. The second-order valence-electron chi connectivity index (χ2n) is 14.9. The van der Waals surface area contributed by atoms with Crippen LogP contribution in [0.25, 0.3) is 10.9 Å². The van der Waals surface area contributed by atoms with E-state index < -0.39 is 91.9 Å². The first kappa shape index (κ1) is 50.0. The van der Waals surface area contributed by atoms with Gasteiger partial charge in [-0.1, -0.05) is 85.3 Å². The highest BCUT2D eigenvalue weighted by Gasteiger charge is 2.31. The molecule has 344 valence electrons. The number of fused-ring (bicyclic) bond motifs is 1. The predicted molar refractivity (Wildman–Crippen MR) is 233 cm³/mol. The summed E-state index contributed by atoms with van der Waals surface area (Å²) in [7, 11) is 0. The van der Waals surface area contributed by atoms with Gasteiger partial charge in [0.25, 0.3) is 0 Å². The lowest BCUT2D eigenvalue weighted by atomic mass is 10.0. The summed E-state index contributed by atoms with van der Waals surface area (Å²) in [5.74, 6) is -6.10. The number of hydrogen-bond donors (Lipinski definition) is 6. The van der Waals surface area contributed by atoms with E-state index in [0.717, 1.165) is 16.5 Å². The number of H-pyrrole nitrogens is 1. The van der Waals surface area contributed by atoms with Crippen molar-refractivity contribution in [1.29, 1.82) is 0 Å². The minimum absolute atomic E-state index is 0.0403. The summed E-state index contributed by atoms with van der Waals surface area (Å²) in [5, 5.41) is 6.28. The smallest absolute Gasteiger partial charge is 0.328 e. The van der Waals surface area contributed by atoms with Crippen LogP contribution in [0.2, 0.25) is 0 Å². The van der Waals surface area contributed by atoms with Crippen molar-refractivity contribution < 1.29 is 57.2 Å². The van der Waals surface area contributed by atoms with Crippen molar-refractivity contribution in [3.8, 4) is 0 Å². The number of para-hydroxylation sites is 1. The van der Waals surface area contributed by atoms with Crippen molar-refractivity contribution in [2.75, 3.05) is 26.3 Å². The SMILES string of the molecule is NCCCCC(N)C(=O)NC(Cc1c[nH]c2ccccc12)C(=O)NC(CCCCN)C(=O)OCC(COC(=O)CC(=O)OCc1ccccc1)OC(=O)CC(=O)OCc1ccccc1. The topological polar surface area (TPSA) is 284 Å². The highest BCUT2D eigenvalue weighted by atomic mass is 16.6. The molecule has 4 unspecified atom stereocenters. The third-order valence-corrected chi connectivity index (χ3v) is 9.79. The van der Waals surface area contributed by atoms with Crippen molar-refractivity contribution in [1.82, 2.24) is 15.6 Å². The predicted octanol–water partition coefficient (Wildman–Crippen LogP) is 2.53. The maximum atomic E-state index is 14.1. The van der Waals surface area contributed by atoms with Gasteiger partial charge in [0.15, 0.2) is 6.10 Å². The fourth-order valence-corrected chi connectivity index (χ4v) is 6.33. The van der Waals surface area contributed by atoms with E-state index in [9.17, 15) is 33.6 Å². The molecule has 0 fully saturated rings. The number of aromatic nitrogens is 1. The summed E-state index contributed by atoms with van der Waals surface area (Å²) in [5.41, 5.74) is 20.4. The molecule has 0 spiro atoms. The van der Waals surface area contributed by atoms with E-state index >= 15 is 0 Å². The van der Waals surface area contributed by atoms with Crippen molar-refractivity contribution in [3.63, 3.8) is 0 Å². The first-order valence-electron chi connectivity index (χ1n) is 21.2. The minimum atomic E-state index is -1.46. The van der Waals surface area contributed by atoms with E-state index in [1.807, 2.05) is 24.3 Å². The molecule has 0 aliphatic rings. The number of esters is 5. The van der Waals surface area contributed by atoms with Crippen molar-refractivity contribution in [2.24, 2.45) is 17.2 Å². The minimum Gasteiger partial charge on any atom is -0.461 e. The molecule has 0 aliphatic heterocycles. The maximum absolute atomic E-state index is 14.1. The van der Waals surface area contributed by atoms with Crippen LogP contribution in [0.15, 0.2) is 91.1 Å². The standard InChI is InChI=1S/C46H58N6O12/c47-21-11-9-18-36(49)44(57)52-39(23-33-26-50-37-19-8-7-17-35(33)37)45(58)51-38(20-10-12-22-48)46(59)63-30-34(64-43(56)25-42(55)61-28-32-15-5-2-6-16-32)29-62-41(54)24-40(53)60-27-31-13-3-1-4-14-31/h1-8,13-17,19,26,34,36,38-39,50H,9-12,18,20-25,27-30,47-49H2,(H,51,58)(H,52,57).